The van der Waals surface area contributed by atoms with Gasteiger partial charge in [-0.3, -0.25) is 14.5 Å². The highest BCUT2D eigenvalue weighted by Gasteiger charge is 2.21. The maximum atomic E-state index is 12.2. The summed E-state index contributed by atoms with van der Waals surface area (Å²) >= 11 is 0. The van der Waals surface area contributed by atoms with E-state index in [1.54, 1.807) is 43.3 Å². The molecule has 20 heavy (non-hydrogen) atoms. The first kappa shape index (κ1) is 14.5. The second-order valence-corrected chi connectivity index (χ2v) is 5.03. The van der Waals surface area contributed by atoms with Crippen LogP contribution >= 0.6 is 0 Å². The average Bonchev–Trinajstić information content (AvgIpc) is 2.61. The van der Waals surface area contributed by atoms with Crippen molar-refractivity contribution in [2.24, 2.45) is 0 Å². The zero-order valence-electron chi connectivity index (χ0n) is 12.0. The Morgan fingerprint density at radius 3 is 2.60 bits per heavy atom. The van der Waals surface area contributed by atoms with Crippen LogP contribution in [0.1, 0.15) is 16.8 Å². The molecule has 1 heterocycles. The maximum absolute atomic E-state index is 12.2. The van der Waals surface area contributed by atoms with Crippen molar-refractivity contribution < 1.29 is 14.3 Å². The number of benzene rings is 1. The zero-order chi connectivity index (χ0) is 14.5. The Morgan fingerprint density at radius 1 is 1.25 bits per heavy atom. The molecule has 1 aliphatic rings. The largest absolute Gasteiger partial charge is 0.497 e. The van der Waals surface area contributed by atoms with Crippen molar-refractivity contribution in [3.05, 3.63) is 29.8 Å². The van der Waals surface area contributed by atoms with Crippen molar-refractivity contribution in [3.8, 4) is 5.75 Å². The van der Waals surface area contributed by atoms with Crippen molar-refractivity contribution in [1.82, 2.24) is 9.80 Å². The number of rotatable bonds is 4. The number of hydrogen-bond acceptors (Lipinski definition) is 4. The van der Waals surface area contributed by atoms with E-state index < -0.39 is 0 Å². The van der Waals surface area contributed by atoms with Crippen molar-refractivity contribution in [2.75, 3.05) is 40.3 Å². The van der Waals surface area contributed by atoms with E-state index in [-0.39, 0.29) is 18.2 Å². The molecule has 1 aliphatic heterocycles. The van der Waals surface area contributed by atoms with Crippen LogP contribution in [0, 0.1) is 0 Å². The van der Waals surface area contributed by atoms with Gasteiger partial charge < -0.3 is 9.64 Å². The predicted octanol–water partition coefficient (Wildman–Crippen LogP) is 1.04. The number of methoxy groups -OCH3 is 1. The van der Waals surface area contributed by atoms with Crippen LogP contribution in [0.15, 0.2) is 24.3 Å². The fourth-order valence-electron chi connectivity index (χ4n) is 2.25. The minimum atomic E-state index is 0.0324. The van der Waals surface area contributed by atoms with Gasteiger partial charge in [0.15, 0.2) is 5.78 Å². The zero-order valence-corrected chi connectivity index (χ0v) is 12.0. The third-order valence-electron chi connectivity index (χ3n) is 3.53. The smallest absolute Gasteiger partial charge is 0.236 e. The Hall–Kier alpha value is -1.88. The second-order valence-electron chi connectivity index (χ2n) is 5.03. The molecule has 1 amide bonds. The quantitative estimate of drug-likeness (QED) is 0.771. The van der Waals surface area contributed by atoms with Gasteiger partial charge in [0.25, 0.3) is 0 Å². The molecular weight excluding hydrogens is 256 g/mol. The van der Waals surface area contributed by atoms with E-state index in [1.807, 2.05) is 4.90 Å². The van der Waals surface area contributed by atoms with Crippen LogP contribution in [0.5, 0.6) is 5.75 Å². The van der Waals surface area contributed by atoms with E-state index in [2.05, 4.69) is 0 Å². The van der Waals surface area contributed by atoms with E-state index in [1.165, 1.54) is 0 Å². The summed E-state index contributed by atoms with van der Waals surface area (Å²) in [5, 5.41) is 0. The number of ether oxygens (including phenoxy) is 1. The van der Waals surface area contributed by atoms with E-state index in [0.717, 1.165) is 25.3 Å². The lowest BCUT2D eigenvalue weighted by atomic mass is 10.1. The third-order valence-corrected chi connectivity index (χ3v) is 3.53. The monoisotopic (exact) mass is 276 g/mol. The lowest BCUT2D eigenvalue weighted by Gasteiger charge is -2.18. The minimum absolute atomic E-state index is 0.0324. The van der Waals surface area contributed by atoms with Crippen LogP contribution in [0.3, 0.4) is 0 Å². The number of carbonyl (C=O) groups is 2. The maximum Gasteiger partial charge on any atom is 0.236 e. The molecule has 0 saturated carbocycles. The second kappa shape index (κ2) is 6.52. The summed E-state index contributed by atoms with van der Waals surface area (Å²) in [6.45, 7) is 2.13. The van der Waals surface area contributed by atoms with Gasteiger partial charge in [-0.2, -0.15) is 0 Å². The SMILES string of the molecule is COc1ccc(C(=O)CN2CCCN(C)C(=O)C2)cc1. The van der Waals surface area contributed by atoms with Crippen LogP contribution in [-0.4, -0.2) is 61.8 Å². The van der Waals surface area contributed by atoms with Crippen LogP contribution in [0.25, 0.3) is 0 Å². The number of carbonyl (C=O) groups excluding carboxylic acids is 2. The first-order chi connectivity index (χ1) is 9.60. The molecular formula is C15H20N2O3. The van der Waals surface area contributed by atoms with Gasteiger partial charge >= 0.3 is 0 Å². The summed E-state index contributed by atoms with van der Waals surface area (Å²) in [5.41, 5.74) is 0.649. The van der Waals surface area contributed by atoms with Crippen LogP contribution < -0.4 is 4.74 Å². The topological polar surface area (TPSA) is 49.9 Å². The van der Waals surface area contributed by atoms with E-state index >= 15 is 0 Å². The molecule has 5 nitrogen and oxygen atoms in total. The number of likely N-dealkylation sites (N-methyl/N-ethyl adjacent to an activating group) is 1. The molecule has 0 radical (unpaired) electrons. The van der Waals surface area contributed by atoms with E-state index in [9.17, 15) is 9.59 Å². The number of hydrogen-bond donors (Lipinski definition) is 0. The lowest BCUT2D eigenvalue weighted by Crippen LogP contribution is -2.37. The summed E-state index contributed by atoms with van der Waals surface area (Å²) in [6, 6.07) is 7.06. The van der Waals surface area contributed by atoms with Gasteiger partial charge in [-0.25, -0.2) is 0 Å². The first-order valence-corrected chi connectivity index (χ1v) is 6.73. The molecule has 1 fully saturated rings. The molecule has 0 aliphatic carbocycles. The lowest BCUT2D eigenvalue weighted by molar-refractivity contribution is -0.129. The fraction of sp³-hybridized carbons (Fsp3) is 0.467. The van der Waals surface area contributed by atoms with E-state index in [0.29, 0.717) is 12.1 Å². The highest BCUT2D eigenvalue weighted by atomic mass is 16.5. The predicted molar refractivity (Wildman–Crippen MR) is 76.0 cm³/mol. The average molecular weight is 276 g/mol. The van der Waals surface area contributed by atoms with Gasteiger partial charge in [0.2, 0.25) is 5.91 Å². The Kier molecular flexibility index (Phi) is 4.74. The summed E-state index contributed by atoms with van der Waals surface area (Å²) in [6.07, 6.45) is 0.901. The highest BCUT2D eigenvalue weighted by molar-refractivity contribution is 5.98. The number of amides is 1. The Balaban J connectivity index is 1.97. The normalized spacial score (nSPS) is 16.9. The Labute approximate surface area is 119 Å². The van der Waals surface area contributed by atoms with Crippen LogP contribution in [0.2, 0.25) is 0 Å². The van der Waals surface area contributed by atoms with Gasteiger partial charge in [0.05, 0.1) is 20.2 Å². The molecule has 1 aromatic carbocycles. The number of ketones is 1. The van der Waals surface area contributed by atoms with Crippen molar-refractivity contribution >= 4 is 11.7 Å². The molecule has 0 unspecified atom stereocenters. The van der Waals surface area contributed by atoms with Crippen molar-refractivity contribution in [1.29, 1.82) is 0 Å². The van der Waals surface area contributed by atoms with Gasteiger partial charge in [-0.1, -0.05) is 0 Å². The molecule has 2 rings (SSSR count). The number of nitrogens with zero attached hydrogens (tertiary/aromatic N) is 2. The molecule has 1 saturated heterocycles. The summed E-state index contributed by atoms with van der Waals surface area (Å²) in [4.78, 5) is 27.6. The fourth-order valence-corrected chi connectivity index (χ4v) is 2.25. The molecule has 0 spiro atoms. The van der Waals surface area contributed by atoms with Crippen LogP contribution in [0.4, 0.5) is 0 Å². The third kappa shape index (κ3) is 3.57. The van der Waals surface area contributed by atoms with Crippen molar-refractivity contribution in [2.45, 2.75) is 6.42 Å². The van der Waals surface area contributed by atoms with Gasteiger partial charge in [0, 0.05) is 25.7 Å². The first-order valence-electron chi connectivity index (χ1n) is 6.73. The molecule has 5 heteroatoms. The van der Waals surface area contributed by atoms with Crippen molar-refractivity contribution in [3.63, 3.8) is 0 Å². The summed E-state index contributed by atoms with van der Waals surface area (Å²) < 4.78 is 5.07. The molecule has 108 valence electrons. The molecule has 0 aromatic heterocycles. The van der Waals surface area contributed by atoms with Crippen LogP contribution in [-0.2, 0) is 4.79 Å². The molecule has 0 atom stereocenters. The minimum Gasteiger partial charge on any atom is -0.497 e. The summed E-state index contributed by atoms with van der Waals surface area (Å²) in [7, 11) is 3.40. The van der Waals surface area contributed by atoms with Gasteiger partial charge in [0.1, 0.15) is 5.75 Å². The van der Waals surface area contributed by atoms with Gasteiger partial charge in [-0.05, 0) is 30.7 Å². The summed E-state index contributed by atoms with van der Waals surface area (Å²) in [5.74, 6) is 0.836. The standard InChI is InChI=1S/C15H20N2O3/c1-16-8-3-9-17(11-15(16)19)10-14(18)12-4-6-13(20-2)7-5-12/h4-7H,3,8-11H2,1-2H3. The van der Waals surface area contributed by atoms with Gasteiger partial charge in [-0.15, -0.1) is 0 Å². The Morgan fingerprint density at radius 2 is 1.95 bits per heavy atom. The molecule has 1 aromatic rings. The Bertz CT molecular complexity index is 484. The number of Topliss-reactive ketones (excluding diaryl/α,β-unsaturated/α-hetero) is 1. The highest BCUT2D eigenvalue weighted by Crippen LogP contribution is 2.12. The molecule has 0 N–H and O–H groups in total. The van der Waals surface area contributed by atoms with E-state index in [4.69, 9.17) is 4.74 Å². The molecule has 0 bridgehead atoms.